The van der Waals surface area contributed by atoms with Gasteiger partial charge in [0.2, 0.25) is 0 Å². The summed E-state index contributed by atoms with van der Waals surface area (Å²) >= 11 is 0. The molecule has 1 heterocycles. The first kappa shape index (κ1) is 16.1. The van der Waals surface area contributed by atoms with Crippen molar-refractivity contribution in [2.75, 3.05) is 33.9 Å². The largest absolute Gasteiger partial charge is 0.493 e. The van der Waals surface area contributed by atoms with Crippen LogP contribution in [-0.4, -0.2) is 55.6 Å². The number of rotatable bonds is 5. The van der Waals surface area contributed by atoms with Gasteiger partial charge >= 0.3 is 0 Å². The zero-order valence-electron chi connectivity index (χ0n) is 13.3. The van der Waals surface area contributed by atoms with E-state index in [0.29, 0.717) is 0 Å². The summed E-state index contributed by atoms with van der Waals surface area (Å²) in [5.74, 6) is 1.47. The van der Waals surface area contributed by atoms with Crippen molar-refractivity contribution < 1.29 is 19.3 Å². The molecule has 0 aliphatic carbocycles. The van der Waals surface area contributed by atoms with E-state index < -0.39 is 0 Å². The monoisotopic (exact) mass is 295 g/mol. The Balaban J connectivity index is 2.10. The van der Waals surface area contributed by atoms with Gasteiger partial charge in [-0.1, -0.05) is 6.07 Å². The van der Waals surface area contributed by atoms with E-state index in [0.717, 1.165) is 36.7 Å². The maximum absolute atomic E-state index is 9.37. The molecular weight excluding hydrogens is 270 g/mol. The van der Waals surface area contributed by atoms with Gasteiger partial charge in [-0.25, -0.2) is 0 Å². The van der Waals surface area contributed by atoms with Crippen LogP contribution >= 0.6 is 0 Å². The molecule has 1 N–H and O–H groups in total. The zero-order valence-corrected chi connectivity index (χ0v) is 13.3. The van der Waals surface area contributed by atoms with Crippen LogP contribution in [0.25, 0.3) is 0 Å². The van der Waals surface area contributed by atoms with Gasteiger partial charge in [0.1, 0.15) is 0 Å². The summed E-state index contributed by atoms with van der Waals surface area (Å²) in [6.07, 6.45) is -0.131. The van der Waals surface area contributed by atoms with E-state index in [2.05, 4.69) is 18.7 Å². The van der Waals surface area contributed by atoms with Crippen molar-refractivity contribution in [3.63, 3.8) is 0 Å². The second-order valence-electron chi connectivity index (χ2n) is 6.04. The Morgan fingerprint density at radius 3 is 2.62 bits per heavy atom. The molecule has 5 heteroatoms. The minimum absolute atomic E-state index is 0.0475. The average Bonchev–Trinajstić information content (AvgIpc) is 2.45. The number of hydrogen-bond donors (Lipinski definition) is 1. The van der Waals surface area contributed by atoms with Crippen LogP contribution in [0.3, 0.4) is 0 Å². The smallest absolute Gasteiger partial charge is 0.161 e. The molecule has 1 aromatic carbocycles. The first-order chi connectivity index (χ1) is 9.97. The molecule has 1 aromatic rings. The average molecular weight is 295 g/mol. The zero-order chi connectivity index (χ0) is 15.5. The molecule has 1 aliphatic rings. The lowest BCUT2D eigenvalue weighted by atomic mass is 10.0. The lowest BCUT2D eigenvalue weighted by molar-refractivity contribution is -0.150. The van der Waals surface area contributed by atoms with E-state index in [1.807, 2.05) is 18.2 Å². The van der Waals surface area contributed by atoms with Crippen LogP contribution in [-0.2, 0) is 11.3 Å². The quantitative estimate of drug-likeness (QED) is 0.895. The van der Waals surface area contributed by atoms with Crippen LogP contribution in [0.1, 0.15) is 19.4 Å². The van der Waals surface area contributed by atoms with Gasteiger partial charge in [0.05, 0.1) is 32.5 Å². The summed E-state index contributed by atoms with van der Waals surface area (Å²) in [5.41, 5.74) is 0.907. The molecule has 21 heavy (non-hydrogen) atoms. The third-order valence-electron chi connectivity index (χ3n) is 3.61. The summed E-state index contributed by atoms with van der Waals surface area (Å²) in [7, 11) is 3.27. The molecule has 0 amide bonds. The second-order valence-corrected chi connectivity index (χ2v) is 6.04. The van der Waals surface area contributed by atoms with Gasteiger partial charge in [-0.15, -0.1) is 0 Å². The molecule has 0 aromatic heterocycles. The van der Waals surface area contributed by atoms with E-state index in [1.165, 1.54) is 0 Å². The van der Waals surface area contributed by atoms with Gasteiger partial charge in [0.15, 0.2) is 11.5 Å². The van der Waals surface area contributed by atoms with E-state index in [4.69, 9.17) is 14.2 Å². The number of aliphatic hydroxyl groups excluding tert-OH is 1. The maximum atomic E-state index is 9.37. The first-order valence-electron chi connectivity index (χ1n) is 7.19. The lowest BCUT2D eigenvalue weighted by Crippen LogP contribution is -2.53. The number of nitrogens with zero attached hydrogens (tertiary/aromatic N) is 1. The molecule has 1 atom stereocenters. The summed E-state index contributed by atoms with van der Waals surface area (Å²) in [4.78, 5) is 2.30. The summed E-state index contributed by atoms with van der Waals surface area (Å²) in [6.45, 7) is 6.51. The van der Waals surface area contributed by atoms with E-state index in [1.54, 1.807) is 14.2 Å². The van der Waals surface area contributed by atoms with Crippen LogP contribution in [0.5, 0.6) is 11.5 Å². The van der Waals surface area contributed by atoms with Crippen molar-refractivity contribution in [1.29, 1.82) is 0 Å². The van der Waals surface area contributed by atoms with E-state index >= 15 is 0 Å². The molecule has 1 fully saturated rings. The van der Waals surface area contributed by atoms with Gasteiger partial charge in [-0.3, -0.25) is 4.90 Å². The molecule has 2 rings (SSSR count). The third kappa shape index (κ3) is 4.09. The van der Waals surface area contributed by atoms with Crippen LogP contribution in [0.2, 0.25) is 0 Å². The highest BCUT2D eigenvalue weighted by Gasteiger charge is 2.32. The molecule has 0 saturated carbocycles. The fraction of sp³-hybridized carbons (Fsp3) is 0.625. The third-order valence-corrected chi connectivity index (χ3v) is 3.61. The standard InChI is InChI=1S/C16H25NO4/c1-16(2)11-17(9-13(10-18)21-16)8-12-5-6-14(19-3)15(7-12)20-4/h5-7,13,18H,8-11H2,1-4H3. The van der Waals surface area contributed by atoms with Crippen LogP contribution in [0, 0.1) is 0 Å². The van der Waals surface area contributed by atoms with Crippen molar-refractivity contribution in [1.82, 2.24) is 4.90 Å². The molecular formula is C16H25NO4. The Morgan fingerprint density at radius 1 is 1.29 bits per heavy atom. The van der Waals surface area contributed by atoms with Crippen LogP contribution < -0.4 is 9.47 Å². The van der Waals surface area contributed by atoms with Crippen molar-refractivity contribution in [2.24, 2.45) is 0 Å². The second kappa shape index (κ2) is 6.64. The van der Waals surface area contributed by atoms with Crippen molar-refractivity contribution in [3.8, 4) is 11.5 Å². The molecule has 0 bridgehead atoms. The van der Waals surface area contributed by atoms with Gasteiger partial charge in [-0.2, -0.15) is 0 Å². The summed E-state index contributed by atoms with van der Waals surface area (Å²) in [6, 6.07) is 5.95. The van der Waals surface area contributed by atoms with Gasteiger partial charge < -0.3 is 19.3 Å². The Hall–Kier alpha value is -1.30. The molecule has 1 saturated heterocycles. The molecule has 1 aliphatic heterocycles. The van der Waals surface area contributed by atoms with E-state index in [9.17, 15) is 5.11 Å². The number of hydrogen-bond acceptors (Lipinski definition) is 5. The topological polar surface area (TPSA) is 51.2 Å². The van der Waals surface area contributed by atoms with Crippen LogP contribution in [0.4, 0.5) is 0 Å². The fourth-order valence-corrected chi connectivity index (χ4v) is 2.87. The Morgan fingerprint density at radius 2 is 2.00 bits per heavy atom. The molecule has 5 nitrogen and oxygen atoms in total. The summed E-state index contributed by atoms with van der Waals surface area (Å²) < 4.78 is 16.4. The molecule has 118 valence electrons. The Labute approximate surface area is 126 Å². The molecule has 0 radical (unpaired) electrons. The Bertz CT molecular complexity index is 475. The first-order valence-corrected chi connectivity index (χ1v) is 7.19. The highest BCUT2D eigenvalue weighted by Crippen LogP contribution is 2.29. The normalized spacial score (nSPS) is 22.0. The summed E-state index contributed by atoms with van der Waals surface area (Å²) in [5, 5.41) is 9.37. The highest BCUT2D eigenvalue weighted by molar-refractivity contribution is 5.42. The lowest BCUT2D eigenvalue weighted by Gasteiger charge is -2.42. The fourth-order valence-electron chi connectivity index (χ4n) is 2.87. The number of morpholine rings is 1. The minimum Gasteiger partial charge on any atom is -0.493 e. The van der Waals surface area contributed by atoms with Gasteiger partial charge in [-0.05, 0) is 31.5 Å². The predicted molar refractivity (Wildman–Crippen MR) is 80.9 cm³/mol. The number of aliphatic hydroxyl groups is 1. The highest BCUT2D eigenvalue weighted by atomic mass is 16.5. The maximum Gasteiger partial charge on any atom is 0.161 e. The Kier molecular flexibility index (Phi) is 5.08. The van der Waals surface area contributed by atoms with Crippen LogP contribution in [0.15, 0.2) is 18.2 Å². The van der Waals surface area contributed by atoms with Gasteiger partial charge in [0, 0.05) is 19.6 Å². The van der Waals surface area contributed by atoms with Crippen molar-refractivity contribution >= 4 is 0 Å². The SMILES string of the molecule is COc1ccc(CN2CC(CO)OC(C)(C)C2)cc1OC. The molecule has 1 unspecified atom stereocenters. The number of ether oxygens (including phenoxy) is 3. The predicted octanol–water partition coefficient (Wildman–Crippen LogP) is 1.68. The minimum atomic E-state index is -0.248. The van der Waals surface area contributed by atoms with Gasteiger partial charge in [0.25, 0.3) is 0 Å². The van der Waals surface area contributed by atoms with Crippen molar-refractivity contribution in [3.05, 3.63) is 23.8 Å². The molecule has 0 spiro atoms. The van der Waals surface area contributed by atoms with E-state index in [-0.39, 0.29) is 18.3 Å². The number of benzene rings is 1. The number of methoxy groups -OCH3 is 2. The van der Waals surface area contributed by atoms with Crippen molar-refractivity contribution in [2.45, 2.75) is 32.1 Å².